The molecule has 0 spiro atoms. The molecule has 0 bridgehead atoms. The van der Waals surface area contributed by atoms with Gasteiger partial charge in [-0.15, -0.1) is 0 Å². The van der Waals surface area contributed by atoms with Gasteiger partial charge in [-0.05, 0) is 0 Å². The molecule has 2 aliphatic rings. The van der Waals surface area contributed by atoms with Crippen LogP contribution < -0.4 is 5.32 Å². The predicted molar refractivity (Wildman–Crippen MR) is 88.8 cm³/mol. The smallest absolute Gasteiger partial charge is 0.303 e. The van der Waals surface area contributed by atoms with Crippen molar-refractivity contribution in [2.24, 2.45) is 0 Å². The van der Waals surface area contributed by atoms with Gasteiger partial charge in [-0.3, -0.25) is 9.59 Å². The van der Waals surface area contributed by atoms with Crippen molar-refractivity contribution in [3.05, 3.63) is 35.9 Å². The predicted octanol–water partition coefficient (Wildman–Crippen LogP) is 0.908. The standard InChI is InChI=1S/C18H23NO7/c1-10(20)19-14-15-13(25-18(22-3)16(14)24-11(2)21)9-23-17(26-15)12-7-5-4-6-8-12/h4-8,13-18H,9H2,1-3H3,(H,19,20)/t13-,14-,15-,16-,17-,18-/m1/s1. The van der Waals surface area contributed by atoms with E-state index in [2.05, 4.69) is 5.32 Å². The highest BCUT2D eigenvalue weighted by Gasteiger charge is 2.52. The van der Waals surface area contributed by atoms with E-state index in [1.807, 2.05) is 30.3 Å². The third-order valence-electron chi connectivity index (χ3n) is 4.32. The van der Waals surface area contributed by atoms with Crippen LogP contribution in [0, 0.1) is 0 Å². The van der Waals surface area contributed by atoms with Gasteiger partial charge in [-0.1, -0.05) is 30.3 Å². The van der Waals surface area contributed by atoms with Crippen molar-refractivity contribution >= 4 is 11.9 Å². The summed E-state index contributed by atoms with van der Waals surface area (Å²) in [5.74, 6) is -0.768. The Kier molecular flexibility index (Phi) is 5.87. The van der Waals surface area contributed by atoms with Crippen LogP contribution in [0.1, 0.15) is 25.7 Å². The Labute approximate surface area is 151 Å². The van der Waals surface area contributed by atoms with Crippen LogP contribution in [0.5, 0.6) is 0 Å². The molecule has 0 aromatic heterocycles. The summed E-state index contributed by atoms with van der Waals surface area (Å²) in [4.78, 5) is 23.3. The van der Waals surface area contributed by atoms with E-state index in [-0.39, 0.29) is 12.5 Å². The van der Waals surface area contributed by atoms with Crippen LogP contribution in [0.3, 0.4) is 0 Å². The molecule has 142 valence electrons. The Morgan fingerprint density at radius 3 is 2.50 bits per heavy atom. The van der Waals surface area contributed by atoms with Crippen LogP contribution in [0.4, 0.5) is 0 Å². The first kappa shape index (κ1) is 18.8. The van der Waals surface area contributed by atoms with E-state index in [9.17, 15) is 9.59 Å². The van der Waals surface area contributed by atoms with Gasteiger partial charge in [0.2, 0.25) is 5.91 Å². The van der Waals surface area contributed by atoms with E-state index in [1.54, 1.807) is 0 Å². The fourth-order valence-corrected chi connectivity index (χ4v) is 3.28. The van der Waals surface area contributed by atoms with E-state index in [4.69, 9.17) is 23.7 Å². The summed E-state index contributed by atoms with van der Waals surface area (Å²) in [5.41, 5.74) is 0.852. The number of hydrogen-bond donors (Lipinski definition) is 1. The molecule has 1 amide bonds. The fourth-order valence-electron chi connectivity index (χ4n) is 3.28. The number of esters is 1. The molecule has 2 heterocycles. The topological polar surface area (TPSA) is 92.3 Å². The third kappa shape index (κ3) is 4.04. The lowest BCUT2D eigenvalue weighted by Gasteiger charge is -2.48. The maximum absolute atomic E-state index is 11.7. The molecule has 2 fully saturated rings. The van der Waals surface area contributed by atoms with Gasteiger partial charge in [-0.2, -0.15) is 0 Å². The van der Waals surface area contributed by atoms with Gasteiger partial charge in [0, 0.05) is 26.5 Å². The van der Waals surface area contributed by atoms with Crippen molar-refractivity contribution in [1.82, 2.24) is 5.32 Å². The molecule has 6 atom stereocenters. The van der Waals surface area contributed by atoms with Gasteiger partial charge in [0.25, 0.3) is 0 Å². The van der Waals surface area contributed by atoms with Crippen LogP contribution in [0.25, 0.3) is 0 Å². The largest absolute Gasteiger partial charge is 0.455 e. The molecule has 2 aliphatic heterocycles. The molecule has 26 heavy (non-hydrogen) atoms. The maximum Gasteiger partial charge on any atom is 0.303 e. The van der Waals surface area contributed by atoms with Gasteiger partial charge in [0.1, 0.15) is 12.2 Å². The maximum atomic E-state index is 11.7. The minimum absolute atomic E-state index is 0.257. The second-order valence-corrected chi connectivity index (χ2v) is 6.26. The molecular weight excluding hydrogens is 342 g/mol. The molecule has 8 nitrogen and oxygen atoms in total. The first-order valence-corrected chi connectivity index (χ1v) is 8.44. The number of carbonyl (C=O) groups is 2. The summed E-state index contributed by atoms with van der Waals surface area (Å²) in [6, 6.07) is 8.83. The Morgan fingerprint density at radius 2 is 1.88 bits per heavy atom. The van der Waals surface area contributed by atoms with Gasteiger partial charge >= 0.3 is 5.97 Å². The van der Waals surface area contributed by atoms with Crippen molar-refractivity contribution < 1.29 is 33.3 Å². The van der Waals surface area contributed by atoms with Crippen LogP contribution in [0.15, 0.2) is 30.3 Å². The normalized spacial score (nSPS) is 33.8. The number of carbonyl (C=O) groups excluding carboxylic acids is 2. The molecular formula is C18H23NO7. The number of methoxy groups -OCH3 is 1. The first-order valence-electron chi connectivity index (χ1n) is 8.44. The van der Waals surface area contributed by atoms with Gasteiger partial charge in [0.15, 0.2) is 18.7 Å². The molecule has 3 rings (SSSR count). The minimum atomic E-state index is -0.836. The molecule has 1 aromatic rings. The quantitative estimate of drug-likeness (QED) is 0.793. The summed E-state index contributed by atoms with van der Waals surface area (Å²) in [6.45, 7) is 2.94. The highest BCUT2D eigenvalue weighted by atomic mass is 16.8. The SMILES string of the molecule is CO[C@@H]1O[C@@H]2CO[C@@H](c3ccccc3)O[C@H]2[C@@H](NC(C)=O)[C@H]1OC(C)=O. The Balaban J connectivity index is 1.86. The van der Waals surface area contributed by atoms with Crippen LogP contribution in [-0.4, -0.2) is 56.2 Å². The summed E-state index contributed by atoms with van der Waals surface area (Å²) in [7, 11) is 1.45. The molecule has 2 saturated heterocycles. The summed E-state index contributed by atoms with van der Waals surface area (Å²) in [5, 5.41) is 2.82. The van der Waals surface area contributed by atoms with Crippen molar-refractivity contribution in [3.8, 4) is 0 Å². The van der Waals surface area contributed by atoms with Gasteiger partial charge in [0.05, 0.1) is 12.6 Å². The Bertz CT molecular complexity index is 638. The lowest BCUT2D eigenvalue weighted by atomic mass is 9.94. The first-order chi connectivity index (χ1) is 12.5. The van der Waals surface area contributed by atoms with Gasteiger partial charge in [-0.25, -0.2) is 0 Å². The molecule has 8 heteroatoms. The molecule has 1 aromatic carbocycles. The van der Waals surface area contributed by atoms with Crippen molar-refractivity contribution in [2.75, 3.05) is 13.7 Å². The molecule has 0 saturated carbocycles. The van der Waals surface area contributed by atoms with Crippen LogP contribution in [0.2, 0.25) is 0 Å². The zero-order chi connectivity index (χ0) is 18.7. The number of hydrogen-bond acceptors (Lipinski definition) is 7. The zero-order valence-corrected chi connectivity index (χ0v) is 14.9. The van der Waals surface area contributed by atoms with E-state index < -0.39 is 42.9 Å². The number of rotatable bonds is 4. The summed E-state index contributed by atoms with van der Waals surface area (Å²) < 4.78 is 28.4. The average molecular weight is 365 g/mol. The van der Waals surface area contributed by atoms with Crippen molar-refractivity contribution in [1.29, 1.82) is 0 Å². The molecule has 0 aliphatic carbocycles. The number of ether oxygens (including phenoxy) is 5. The number of fused-ring (bicyclic) bond motifs is 1. The third-order valence-corrected chi connectivity index (χ3v) is 4.32. The molecule has 1 N–H and O–H groups in total. The number of benzene rings is 1. The zero-order valence-electron chi connectivity index (χ0n) is 14.9. The van der Waals surface area contributed by atoms with Crippen LogP contribution in [-0.2, 0) is 33.3 Å². The average Bonchev–Trinajstić information content (AvgIpc) is 2.63. The van der Waals surface area contributed by atoms with Crippen molar-refractivity contribution in [3.63, 3.8) is 0 Å². The van der Waals surface area contributed by atoms with Crippen LogP contribution >= 0.6 is 0 Å². The summed E-state index contributed by atoms with van der Waals surface area (Å²) in [6.07, 6.45) is -3.30. The monoisotopic (exact) mass is 365 g/mol. The Hall–Kier alpha value is -2.00. The second-order valence-electron chi connectivity index (χ2n) is 6.26. The second kappa shape index (κ2) is 8.13. The number of amides is 1. The van der Waals surface area contributed by atoms with E-state index >= 15 is 0 Å². The highest BCUT2D eigenvalue weighted by Crippen LogP contribution is 2.35. The van der Waals surface area contributed by atoms with E-state index in [1.165, 1.54) is 21.0 Å². The van der Waals surface area contributed by atoms with E-state index in [0.29, 0.717) is 0 Å². The molecule has 0 unspecified atom stereocenters. The minimum Gasteiger partial charge on any atom is -0.455 e. The summed E-state index contributed by atoms with van der Waals surface area (Å²) >= 11 is 0. The number of nitrogens with one attached hydrogen (secondary N) is 1. The lowest BCUT2D eigenvalue weighted by Crippen LogP contribution is -2.67. The Morgan fingerprint density at radius 1 is 1.15 bits per heavy atom. The lowest BCUT2D eigenvalue weighted by molar-refractivity contribution is -0.341. The van der Waals surface area contributed by atoms with Crippen molar-refractivity contribution in [2.45, 2.75) is 50.8 Å². The highest BCUT2D eigenvalue weighted by molar-refractivity contribution is 5.73. The van der Waals surface area contributed by atoms with E-state index in [0.717, 1.165) is 5.56 Å². The van der Waals surface area contributed by atoms with Gasteiger partial charge < -0.3 is 29.0 Å². The molecule has 0 radical (unpaired) electrons. The fraction of sp³-hybridized carbons (Fsp3) is 0.556.